The molecule has 0 bridgehead atoms. The van der Waals surface area contributed by atoms with E-state index in [0.717, 1.165) is 25.7 Å². The maximum Gasteiger partial charge on any atom is 0.335 e. The summed E-state index contributed by atoms with van der Waals surface area (Å²) in [5, 5.41) is 8.94. The molecule has 1 N–H and O–H groups in total. The third-order valence-corrected chi connectivity index (χ3v) is 2.72. The number of rotatable bonds is 9. The standard InChI is InChI=1S/C15H20O4/c1-3-4-5-6-7-10-19-14-11-12(15(16)17)8-9-13(14)18-2/h3,8-9,11H,1,4-7,10H2,2H3,(H,16,17). The van der Waals surface area contributed by atoms with Crippen molar-refractivity contribution < 1.29 is 19.4 Å². The molecule has 1 aromatic rings. The Morgan fingerprint density at radius 3 is 2.74 bits per heavy atom. The van der Waals surface area contributed by atoms with Crippen LogP contribution in [0.5, 0.6) is 11.5 Å². The Labute approximate surface area is 113 Å². The molecule has 19 heavy (non-hydrogen) atoms. The van der Waals surface area contributed by atoms with E-state index in [4.69, 9.17) is 14.6 Å². The highest BCUT2D eigenvalue weighted by molar-refractivity contribution is 5.88. The summed E-state index contributed by atoms with van der Waals surface area (Å²) in [4.78, 5) is 10.9. The first-order valence-corrected chi connectivity index (χ1v) is 6.34. The summed E-state index contributed by atoms with van der Waals surface area (Å²) in [5.74, 6) is 0.0562. The van der Waals surface area contributed by atoms with Gasteiger partial charge in [0.1, 0.15) is 0 Å². The average molecular weight is 264 g/mol. The van der Waals surface area contributed by atoms with Crippen molar-refractivity contribution in [3.8, 4) is 11.5 Å². The van der Waals surface area contributed by atoms with Crippen LogP contribution in [0, 0.1) is 0 Å². The van der Waals surface area contributed by atoms with Gasteiger partial charge in [0.2, 0.25) is 0 Å². The van der Waals surface area contributed by atoms with Gasteiger partial charge in [-0.1, -0.05) is 6.08 Å². The van der Waals surface area contributed by atoms with Gasteiger partial charge in [-0.05, 0) is 43.9 Å². The second-order valence-corrected chi connectivity index (χ2v) is 4.16. The maximum absolute atomic E-state index is 10.9. The third-order valence-electron chi connectivity index (χ3n) is 2.72. The lowest BCUT2D eigenvalue weighted by Crippen LogP contribution is -2.02. The SMILES string of the molecule is C=CCCCCCOc1cc(C(=O)O)ccc1OC. The highest BCUT2D eigenvalue weighted by Gasteiger charge is 2.09. The van der Waals surface area contributed by atoms with Crippen LogP contribution in [0.3, 0.4) is 0 Å². The Morgan fingerprint density at radius 1 is 1.32 bits per heavy atom. The van der Waals surface area contributed by atoms with Crippen LogP contribution in [0.2, 0.25) is 0 Å². The fourth-order valence-electron chi connectivity index (χ4n) is 1.67. The zero-order chi connectivity index (χ0) is 14.1. The Balaban J connectivity index is 2.53. The number of hydrogen-bond acceptors (Lipinski definition) is 3. The molecule has 0 aliphatic heterocycles. The Hall–Kier alpha value is -1.97. The summed E-state index contributed by atoms with van der Waals surface area (Å²) in [7, 11) is 1.53. The molecule has 0 heterocycles. The quantitative estimate of drug-likeness (QED) is 0.547. The number of ether oxygens (including phenoxy) is 2. The first-order chi connectivity index (χ1) is 9.19. The van der Waals surface area contributed by atoms with E-state index < -0.39 is 5.97 Å². The van der Waals surface area contributed by atoms with E-state index >= 15 is 0 Å². The predicted octanol–water partition coefficient (Wildman–Crippen LogP) is 3.52. The van der Waals surface area contributed by atoms with Crippen molar-refractivity contribution in [1.82, 2.24) is 0 Å². The summed E-state index contributed by atoms with van der Waals surface area (Å²) in [6, 6.07) is 4.60. The summed E-state index contributed by atoms with van der Waals surface area (Å²) in [6.07, 6.45) is 6.00. The maximum atomic E-state index is 10.9. The minimum Gasteiger partial charge on any atom is -0.493 e. The molecule has 0 atom stereocenters. The number of carboxylic acid groups (broad SMARTS) is 1. The number of benzene rings is 1. The zero-order valence-electron chi connectivity index (χ0n) is 11.2. The van der Waals surface area contributed by atoms with Crippen LogP contribution in [0.25, 0.3) is 0 Å². The van der Waals surface area contributed by atoms with Crippen LogP contribution in [-0.4, -0.2) is 24.8 Å². The molecule has 0 aliphatic carbocycles. The van der Waals surface area contributed by atoms with Crippen LogP contribution >= 0.6 is 0 Å². The van der Waals surface area contributed by atoms with Gasteiger partial charge in [0.15, 0.2) is 11.5 Å². The summed E-state index contributed by atoms with van der Waals surface area (Å²) >= 11 is 0. The molecule has 0 spiro atoms. The number of unbranched alkanes of at least 4 members (excludes halogenated alkanes) is 3. The van der Waals surface area contributed by atoms with Crippen molar-refractivity contribution in [2.75, 3.05) is 13.7 Å². The van der Waals surface area contributed by atoms with Crippen LogP contribution in [-0.2, 0) is 0 Å². The molecule has 104 valence electrons. The fourth-order valence-corrected chi connectivity index (χ4v) is 1.67. The van der Waals surface area contributed by atoms with Crippen molar-refractivity contribution in [2.45, 2.75) is 25.7 Å². The van der Waals surface area contributed by atoms with Gasteiger partial charge >= 0.3 is 5.97 Å². The Bertz CT molecular complexity index is 426. The van der Waals surface area contributed by atoms with Crippen molar-refractivity contribution in [2.24, 2.45) is 0 Å². The van der Waals surface area contributed by atoms with E-state index in [1.807, 2.05) is 6.08 Å². The van der Waals surface area contributed by atoms with Gasteiger partial charge in [-0.15, -0.1) is 6.58 Å². The van der Waals surface area contributed by atoms with Crippen LogP contribution in [0.1, 0.15) is 36.0 Å². The molecule has 0 saturated carbocycles. The number of carboxylic acids is 1. The lowest BCUT2D eigenvalue weighted by molar-refractivity contribution is 0.0696. The molecule has 0 radical (unpaired) electrons. The third kappa shape index (κ3) is 5.04. The molecule has 0 unspecified atom stereocenters. The zero-order valence-corrected chi connectivity index (χ0v) is 11.2. The molecular formula is C15H20O4. The topological polar surface area (TPSA) is 55.8 Å². The van der Waals surface area contributed by atoms with Gasteiger partial charge in [0, 0.05) is 0 Å². The number of aromatic carboxylic acids is 1. The highest BCUT2D eigenvalue weighted by atomic mass is 16.5. The minimum absolute atomic E-state index is 0.197. The molecule has 0 aliphatic rings. The van der Waals surface area contributed by atoms with E-state index in [2.05, 4.69) is 6.58 Å². The molecule has 4 nitrogen and oxygen atoms in total. The van der Waals surface area contributed by atoms with Gasteiger partial charge < -0.3 is 14.6 Å². The molecule has 0 saturated heterocycles. The first-order valence-electron chi connectivity index (χ1n) is 6.34. The van der Waals surface area contributed by atoms with E-state index in [1.165, 1.54) is 19.2 Å². The molecule has 0 fully saturated rings. The average Bonchev–Trinajstić information content (AvgIpc) is 2.42. The molecule has 1 aromatic carbocycles. The Morgan fingerprint density at radius 2 is 2.11 bits per heavy atom. The summed E-state index contributed by atoms with van der Waals surface area (Å²) in [6.45, 7) is 4.22. The van der Waals surface area contributed by atoms with Crippen LogP contribution in [0.15, 0.2) is 30.9 Å². The lowest BCUT2D eigenvalue weighted by Gasteiger charge is -2.11. The molecule has 0 aromatic heterocycles. The van der Waals surface area contributed by atoms with Crippen molar-refractivity contribution in [3.63, 3.8) is 0 Å². The fraction of sp³-hybridized carbons (Fsp3) is 0.400. The summed E-state index contributed by atoms with van der Waals surface area (Å²) in [5.41, 5.74) is 0.197. The number of allylic oxidation sites excluding steroid dienone is 1. The predicted molar refractivity (Wildman–Crippen MR) is 74.1 cm³/mol. The van der Waals surface area contributed by atoms with Gasteiger partial charge in [-0.25, -0.2) is 4.79 Å². The van der Waals surface area contributed by atoms with Crippen LogP contribution < -0.4 is 9.47 Å². The smallest absolute Gasteiger partial charge is 0.335 e. The van der Waals surface area contributed by atoms with Crippen molar-refractivity contribution in [1.29, 1.82) is 0 Å². The summed E-state index contributed by atoms with van der Waals surface area (Å²) < 4.78 is 10.7. The first kappa shape index (κ1) is 15.1. The lowest BCUT2D eigenvalue weighted by atomic mass is 10.2. The van der Waals surface area contributed by atoms with E-state index in [9.17, 15) is 4.79 Å². The number of carbonyl (C=O) groups is 1. The van der Waals surface area contributed by atoms with Crippen molar-refractivity contribution >= 4 is 5.97 Å². The van der Waals surface area contributed by atoms with Gasteiger partial charge in [0.25, 0.3) is 0 Å². The highest BCUT2D eigenvalue weighted by Crippen LogP contribution is 2.28. The largest absolute Gasteiger partial charge is 0.493 e. The van der Waals surface area contributed by atoms with Crippen LogP contribution in [0.4, 0.5) is 0 Å². The molecule has 0 amide bonds. The Kier molecular flexibility index (Phi) is 6.50. The second-order valence-electron chi connectivity index (χ2n) is 4.16. The van der Waals surface area contributed by atoms with E-state index in [0.29, 0.717) is 18.1 Å². The van der Waals surface area contributed by atoms with Gasteiger partial charge in [-0.3, -0.25) is 0 Å². The van der Waals surface area contributed by atoms with E-state index in [1.54, 1.807) is 6.07 Å². The number of hydrogen-bond donors (Lipinski definition) is 1. The molecular weight excluding hydrogens is 244 g/mol. The molecule has 4 heteroatoms. The molecule has 1 rings (SSSR count). The monoisotopic (exact) mass is 264 g/mol. The van der Waals surface area contributed by atoms with Gasteiger partial charge in [-0.2, -0.15) is 0 Å². The van der Waals surface area contributed by atoms with Gasteiger partial charge in [0.05, 0.1) is 19.3 Å². The normalized spacial score (nSPS) is 9.95. The van der Waals surface area contributed by atoms with Crippen molar-refractivity contribution in [3.05, 3.63) is 36.4 Å². The minimum atomic E-state index is -0.974. The van der Waals surface area contributed by atoms with E-state index in [-0.39, 0.29) is 5.56 Å². The second kappa shape index (κ2) is 8.19. The number of methoxy groups -OCH3 is 1.